The highest BCUT2D eigenvalue weighted by molar-refractivity contribution is 5.16. The SMILES string of the molecule is CCCCCN(C)CC(C#N)(NCC)C1CC1. The summed E-state index contributed by atoms with van der Waals surface area (Å²) in [5.74, 6) is 0.570. The highest BCUT2D eigenvalue weighted by atomic mass is 15.2. The van der Waals surface area contributed by atoms with Gasteiger partial charge in [-0.2, -0.15) is 5.26 Å². The smallest absolute Gasteiger partial charge is 0.122 e. The Labute approximate surface area is 106 Å². The molecule has 17 heavy (non-hydrogen) atoms. The van der Waals surface area contributed by atoms with Crippen LogP contribution in [0.25, 0.3) is 0 Å². The van der Waals surface area contributed by atoms with Gasteiger partial charge in [-0.15, -0.1) is 0 Å². The lowest BCUT2D eigenvalue weighted by molar-refractivity contribution is 0.227. The van der Waals surface area contributed by atoms with Crippen molar-refractivity contribution in [2.24, 2.45) is 5.92 Å². The van der Waals surface area contributed by atoms with Crippen LogP contribution < -0.4 is 5.32 Å². The zero-order valence-electron chi connectivity index (χ0n) is 11.6. The molecule has 0 amide bonds. The second-order valence-corrected chi connectivity index (χ2v) is 5.33. The largest absolute Gasteiger partial charge is 0.303 e. The number of likely N-dealkylation sites (N-methyl/N-ethyl adjacent to an activating group) is 2. The number of nitriles is 1. The standard InChI is InChI=1S/C14H27N3/c1-4-6-7-10-17(3)12-14(11-15,16-5-2)13-8-9-13/h13,16H,4-10,12H2,1-3H3. The topological polar surface area (TPSA) is 39.1 Å². The van der Waals surface area contributed by atoms with E-state index in [1.54, 1.807) is 0 Å². The lowest BCUT2D eigenvalue weighted by atomic mass is 9.94. The van der Waals surface area contributed by atoms with Crippen LogP contribution in [0, 0.1) is 17.2 Å². The van der Waals surface area contributed by atoms with Gasteiger partial charge >= 0.3 is 0 Å². The lowest BCUT2D eigenvalue weighted by Gasteiger charge is -2.32. The number of rotatable bonds is 9. The van der Waals surface area contributed by atoms with Gasteiger partial charge in [-0.25, -0.2) is 0 Å². The summed E-state index contributed by atoms with van der Waals surface area (Å²) in [7, 11) is 2.14. The monoisotopic (exact) mass is 237 g/mol. The summed E-state index contributed by atoms with van der Waals surface area (Å²) in [4.78, 5) is 2.32. The molecule has 1 fully saturated rings. The Morgan fingerprint density at radius 3 is 2.53 bits per heavy atom. The maximum absolute atomic E-state index is 9.50. The Hall–Kier alpha value is -0.590. The number of nitrogens with zero attached hydrogens (tertiary/aromatic N) is 2. The number of hydrogen-bond acceptors (Lipinski definition) is 3. The second-order valence-electron chi connectivity index (χ2n) is 5.33. The van der Waals surface area contributed by atoms with Gasteiger partial charge in [0.1, 0.15) is 5.54 Å². The van der Waals surface area contributed by atoms with Gasteiger partial charge in [-0.05, 0) is 45.3 Å². The number of unbranched alkanes of at least 4 members (excludes halogenated alkanes) is 2. The molecule has 0 radical (unpaired) electrons. The van der Waals surface area contributed by atoms with E-state index in [1.807, 2.05) is 0 Å². The summed E-state index contributed by atoms with van der Waals surface area (Å²) in [6.07, 6.45) is 6.21. The fourth-order valence-corrected chi connectivity index (χ4v) is 2.52. The third-order valence-corrected chi connectivity index (χ3v) is 3.63. The minimum atomic E-state index is -0.296. The molecule has 1 saturated carbocycles. The van der Waals surface area contributed by atoms with Gasteiger partial charge in [0.05, 0.1) is 6.07 Å². The van der Waals surface area contributed by atoms with E-state index in [0.29, 0.717) is 5.92 Å². The van der Waals surface area contributed by atoms with Gasteiger partial charge < -0.3 is 4.90 Å². The number of nitrogens with one attached hydrogen (secondary N) is 1. The van der Waals surface area contributed by atoms with Crippen molar-refractivity contribution in [2.75, 3.05) is 26.7 Å². The van der Waals surface area contributed by atoms with Crippen molar-refractivity contribution in [3.8, 4) is 6.07 Å². The van der Waals surface area contributed by atoms with E-state index in [0.717, 1.165) is 19.6 Å². The average molecular weight is 237 g/mol. The molecule has 0 aromatic rings. The molecule has 0 spiro atoms. The zero-order chi connectivity index (χ0) is 12.7. The van der Waals surface area contributed by atoms with Crippen LogP contribution in [-0.2, 0) is 0 Å². The minimum absolute atomic E-state index is 0.296. The summed E-state index contributed by atoms with van der Waals surface area (Å²) < 4.78 is 0. The van der Waals surface area contributed by atoms with E-state index in [2.05, 4.69) is 37.2 Å². The van der Waals surface area contributed by atoms with Crippen molar-refractivity contribution in [2.45, 2.75) is 51.5 Å². The minimum Gasteiger partial charge on any atom is -0.303 e. The van der Waals surface area contributed by atoms with E-state index < -0.39 is 0 Å². The van der Waals surface area contributed by atoms with Crippen molar-refractivity contribution in [3.05, 3.63) is 0 Å². The van der Waals surface area contributed by atoms with Crippen molar-refractivity contribution in [1.29, 1.82) is 5.26 Å². The molecule has 1 rings (SSSR count). The van der Waals surface area contributed by atoms with Gasteiger partial charge in [0.25, 0.3) is 0 Å². The van der Waals surface area contributed by atoms with Crippen LogP contribution in [0.4, 0.5) is 0 Å². The third-order valence-electron chi connectivity index (χ3n) is 3.63. The van der Waals surface area contributed by atoms with E-state index in [4.69, 9.17) is 0 Å². The van der Waals surface area contributed by atoms with E-state index in [-0.39, 0.29) is 5.54 Å². The quantitative estimate of drug-likeness (QED) is 0.626. The van der Waals surface area contributed by atoms with Crippen LogP contribution in [0.2, 0.25) is 0 Å². The molecule has 1 aliphatic carbocycles. The maximum Gasteiger partial charge on any atom is 0.122 e. The van der Waals surface area contributed by atoms with Crippen LogP contribution in [-0.4, -0.2) is 37.1 Å². The molecular weight excluding hydrogens is 210 g/mol. The molecule has 0 bridgehead atoms. The van der Waals surface area contributed by atoms with Crippen LogP contribution in [0.1, 0.15) is 46.0 Å². The van der Waals surface area contributed by atoms with E-state index >= 15 is 0 Å². The Bertz CT molecular complexity index is 255. The molecule has 0 saturated heterocycles. The zero-order valence-corrected chi connectivity index (χ0v) is 11.6. The molecule has 3 heteroatoms. The van der Waals surface area contributed by atoms with Crippen LogP contribution in [0.3, 0.4) is 0 Å². The van der Waals surface area contributed by atoms with E-state index in [1.165, 1.54) is 32.1 Å². The Morgan fingerprint density at radius 1 is 1.35 bits per heavy atom. The molecule has 1 aliphatic rings. The van der Waals surface area contributed by atoms with Crippen molar-refractivity contribution in [1.82, 2.24) is 10.2 Å². The maximum atomic E-state index is 9.50. The molecule has 3 nitrogen and oxygen atoms in total. The Kier molecular flexibility index (Phi) is 5.94. The van der Waals surface area contributed by atoms with Gasteiger partial charge in [-0.3, -0.25) is 5.32 Å². The summed E-state index contributed by atoms with van der Waals surface area (Å²) in [5.41, 5.74) is -0.296. The molecule has 98 valence electrons. The molecule has 0 aromatic carbocycles. The second kappa shape index (κ2) is 6.98. The first kappa shape index (κ1) is 14.5. The highest BCUT2D eigenvalue weighted by Crippen LogP contribution is 2.39. The molecule has 1 N–H and O–H groups in total. The fourth-order valence-electron chi connectivity index (χ4n) is 2.52. The van der Waals surface area contributed by atoms with Crippen molar-refractivity contribution < 1.29 is 0 Å². The molecular formula is C14H27N3. The van der Waals surface area contributed by atoms with Gasteiger partial charge in [0.15, 0.2) is 0 Å². The van der Waals surface area contributed by atoms with Gasteiger partial charge in [-0.1, -0.05) is 26.7 Å². The predicted molar refractivity (Wildman–Crippen MR) is 71.8 cm³/mol. The van der Waals surface area contributed by atoms with Crippen LogP contribution >= 0.6 is 0 Å². The van der Waals surface area contributed by atoms with Crippen LogP contribution in [0.15, 0.2) is 0 Å². The van der Waals surface area contributed by atoms with E-state index in [9.17, 15) is 5.26 Å². The third kappa shape index (κ3) is 4.29. The highest BCUT2D eigenvalue weighted by Gasteiger charge is 2.45. The molecule has 0 heterocycles. The molecule has 1 atom stereocenters. The van der Waals surface area contributed by atoms with Crippen molar-refractivity contribution >= 4 is 0 Å². The summed E-state index contributed by atoms with van der Waals surface area (Å²) >= 11 is 0. The Morgan fingerprint density at radius 2 is 2.06 bits per heavy atom. The summed E-state index contributed by atoms with van der Waals surface area (Å²) in [6, 6.07) is 2.55. The number of hydrogen-bond donors (Lipinski definition) is 1. The normalized spacial score (nSPS) is 19.0. The first-order chi connectivity index (χ1) is 8.18. The van der Waals surface area contributed by atoms with Crippen LogP contribution in [0.5, 0.6) is 0 Å². The lowest BCUT2D eigenvalue weighted by Crippen LogP contribution is -2.53. The molecule has 0 aromatic heterocycles. The van der Waals surface area contributed by atoms with Gasteiger partial charge in [0.2, 0.25) is 0 Å². The first-order valence-corrected chi connectivity index (χ1v) is 7.03. The average Bonchev–Trinajstić information content (AvgIpc) is 3.13. The fraction of sp³-hybridized carbons (Fsp3) is 0.929. The van der Waals surface area contributed by atoms with Gasteiger partial charge in [0, 0.05) is 6.54 Å². The Balaban J connectivity index is 2.45. The first-order valence-electron chi connectivity index (χ1n) is 7.03. The molecule has 0 aliphatic heterocycles. The molecule has 1 unspecified atom stereocenters. The van der Waals surface area contributed by atoms with Crippen molar-refractivity contribution in [3.63, 3.8) is 0 Å². The summed E-state index contributed by atoms with van der Waals surface area (Å²) in [6.45, 7) is 7.17. The predicted octanol–water partition coefficient (Wildman–Crippen LogP) is 2.39. The summed E-state index contributed by atoms with van der Waals surface area (Å²) in [5, 5.41) is 12.9.